The van der Waals surface area contributed by atoms with E-state index in [1.807, 2.05) is 24.3 Å². The molecule has 0 bridgehead atoms. The Hall–Kier alpha value is -1.39. The fourth-order valence-corrected chi connectivity index (χ4v) is 2.41. The molecule has 0 amide bonds. The van der Waals surface area contributed by atoms with Crippen LogP contribution in [-0.4, -0.2) is 7.11 Å². The third-order valence-corrected chi connectivity index (χ3v) is 3.65. The first-order valence-corrected chi connectivity index (χ1v) is 6.63. The van der Waals surface area contributed by atoms with Gasteiger partial charge in [0.1, 0.15) is 11.6 Å². The first kappa shape index (κ1) is 14.0. The Morgan fingerprint density at radius 2 is 1.95 bits per heavy atom. The number of hydrogen-bond acceptors (Lipinski definition) is 2. The van der Waals surface area contributed by atoms with Crippen LogP contribution in [0.1, 0.15) is 18.1 Å². The fraction of sp³-hybridized carbons (Fsp3) is 0.200. The van der Waals surface area contributed by atoms with E-state index in [1.54, 1.807) is 19.1 Å². The maximum absolute atomic E-state index is 14.1. The molecular formula is C15H15BrFNO. The van der Waals surface area contributed by atoms with Crippen molar-refractivity contribution < 1.29 is 9.13 Å². The van der Waals surface area contributed by atoms with Crippen LogP contribution in [0.5, 0.6) is 5.75 Å². The number of ether oxygens (including phenoxy) is 1. The maximum Gasteiger partial charge on any atom is 0.132 e. The molecule has 19 heavy (non-hydrogen) atoms. The van der Waals surface area contributed by atoms with Crippen molar-refractivity contribution in [3.8, 4) is 5.75 Å². The summed E-state index contributed by atoms with van der Waals surface area (Å²) in [6, 6.07) is 12.3. The topological polar surface area (TPSA) is 35.2 Å². The highest BCUT2D eigenvalue weighted by molar-refractivity contribution is 9.10. The lowest BCUT2D eigenvalue weighted by Crippen LogP contribution is -2.35. The van der Waals surface area contributed by atoms with Gasteiger partial charge in [0.25, 0.3) is 0 Å². The predicted molar refractivity (Wildman–Crippen MR) is 77.7 cm³/mol. The van der Waals surface area contributed by atoms with Crippen molar-refractivity contribution >= 4 is 15.9 Å². The van der Waals surface area contributed by atoms with Gasteiger partial charge in [-0.25, -0.2) is 4.39 Å². The van der Waals surface area contributed by atoms with Gasteiger partial charge in [0, 0.05) is 16.1 Å². The van der Waals surface area contributed by atoms with E-state index in [0.29, 0.717) is 11.3 Å². The molecule has 2 N–H and O–H groups in total. The average molecular weight is 324 g/mol. The quantitative estimate of drug-likeness (QED) is 0.931. The first-order chi connectivity index (χ1) is 8.95. The monoisotopic (exact) mass is 323 g/mol. The number of methoxy groups -OCH3 is 1. The minimum atomic E-state index is -0.903. The molecule has 1 atom stereocenters. The van der Waals surface area contributed by atoms with Crippen LogP contribution in [-0.2, 0) is 5.54 Å². The summed E-state index contributed by atoms with van der Waals surface area (Å²) in [7, 11) is 1.50. The van der Waals surface area contributed by atoms with Gasteiger partial charge in [-0.05, 0) is 30.7 Å². The van der Waals surface area contributed by atoms with Gasteiger partial charge in [0.05, 0.1) is 12.6 Å². The lowest BCUT2D eigenvalue weighted by molar-refractivity contribution is 0.409. The molecule has 0 fully saturated rings. The van der Waals surface area contributed by atoms with Gasteiger partial charge in [0.15, 0.2) is 0 Å². The Morgan fingerprint density at radius 3 is 2.53 bits per heavy atom. The van der Waals surface area contributed by atoms with Crippen LogP contribution in [0, 0.1) is 5.82 Å². The molecule has 0 aromatic heterocycles. The lowest BCUT2D eigenvalue weighted by Gasteiger charge is -2.26. The fourth-order valence-electron chi connectivity index (χ4n) is 2.01. The highest BCUT2D eigenvalue weighted by Crippen LogP contribution is 2.31. The molecule has 0 heterocycles. The van der Waals surface area contributed by atoms with Crippen LogP contribution in [0.2, 0.25) is 0 Å². The third-order valence-electron chi connectivity index (χ3n) is 3.16. The van der Waals surface area contributed by atoms with E-state index < -0.39 is 5.54 Å². The number of halogens is 2. The van der Waals surface area contributed by atoms with Crippen LogP contribution in [0.3, 0.4) is 0 Å². The van der Waals surface area contributed by atoms with Crippen LogP contribution < -0.4 is 10.5 Å². The van der Waals surface area contributed by atoms with Crippen LogP contribution in [0.25, 0.3) is 0 Å². The standard InChI is InChI=1S/C15H15BrFNO/c1-15(18,10-4-3-5-11(16)8-10)13-7-6-12(19-2)9-14(13)17/h3-9H,18H2,1-2H3. The van der Waals surface area contributed by atoms with E-state index in [1.165, 1.54) is 13.2 Å². The van der Waals surface area contributed by atoms with E-state index in [-0.39, 0.29) is 5.82 Å². The summed E-state index contributed by atoms with van der Waals surface area (Å²) in [5.74, 6) is 0.107. The number of benzene rings is 2. The molecule has 0 radical (unpaired) electrons. The Bertz CT molecular complexity index is 598. The van der Waals surface area contributed by atoms with Crippen LogP contribution in [0.15, 0.2) is 46.9 Å². The molecule has 0 aliphatic heterocycles. The average Bonchev–Trinajstić information content (AvgIpc) is 2.38. The van der Waals surface area contributed by atoms with Gasteiger partial charge >= 0.3 is 0 Å². The summed E-state index contributed by atoms with van der Waals surface area (Å²) in [5, 5.41) is 0. The summed E-state index contributed by atoms with van der Waals surface area (Å²) in [6.07, 6.45) is 0. The molecule has 0 aliphatic rings. The van der Waals surface area contributed by atoms with Crippen molar-refractivity contribution in [2.24, 2.45) is 5.73 Å². The van der Waals surface area contributed by atoms with Crippen molar-refractivity contribution in [1.29, 1.82) is 0 Å². The van der Waals surface area contributed by atoms with Crippen LogP contribution in [0.4, 0.5) is 4.39 Å². The van der Waals surface area contributed by atoms with Gasteiger partial charge in [-0.15, -0.1) is 0 Å². The van der Waals surface area contributed by atoms with E-state index in [2.05, 4.69) is 15.9 Å². The Labute approximate surface area is 120 Å². The molecule has 4 heteroatoms. The molecule has 0 saturated carbocycles. The van der Waals surface area contributed by atoms with E-state index in [9.17, 15) is 4.39 Å². The molecule has 100 valence electrons. The van der Waals surface area contributed by atoms with Crippen molar-refractivity contribution in [2.75, 3.05) is 7.11 Å². The van der Waals surface area contributed by atoms with Crippen molar-refractivity contribution in [2.45, 2.75) is 12.5 Å². The Balaban J connectivity index is 2.50. The zero-order valence-electron chi connectivity index (χ0n) is 10.8. The SMILES string of the molecule is COc1ccc(C(C)(N)c2cccc(Br)c2)c(F)c1. The zero-order valence-corrected chi connectivity index (χ0v) is 12.4. The highest BCUT2D eigenvalue weighted by Gasteiger charge is 2.27. The van der Waals surface area contributed by atoms with Gasteiger partial charge < -0.3 is 10.5 Å². The first-order valence-electron chi connectivity index (χ1n) is 5.84. The number of rotatable bonds is 3. The predicted octanol–water partition coefficient (Wildman–Crippen LogP) is 3.82. The largest absolute Gasteiger partial charge is 0.497 e. The molecular weight excluding hydrogens is 309 g/mol. The van der Waals surface area contributed by atoms with Crippen LogP contribution >= 0.6 is 15.9 Å². The summed E-state index contributed by atoms with van der Waals surface area (Å²) in [5.41, 5.74) is 6.69. The van der Waals surface area contributed by atoms with E-state index in [0.717, 1.165) is 10.0 Å². The van der Waals surface area contributed by atoms with E-state index in [4.69, 9.17) is 10.5 Å². The molecule has 1 unspecified atom stereocenters. The minimum Gasteiger partial charge on any atom is -0.497 e. The van der Waals surface area contributed by atoms with Crippen molar-refractivity contribution in [3.63, 3.8) is 0 Å². The van der Waals surface area contributed by atoms with E-state index >= 15 is 0 Å². The molecule has 0 spiro atoms. The second-order valence-corrected chi connectivity index (χ2v) is 5.47. The summed E-state index contributed by atoms with van der Waals surface area (Å²) >= 11 is 3.40. The normalized spacial score (nSPS) is 13.9. The molecule has 2 rings (SSSR count). The van der Waals surface area contributed by atoms with Gasteiger partial charge in [-0.3, -0.25) is 0 Å². The Morgan fingerprint density at radius 1 is 1.21 bits per heavy atom. The minimum absolute atomic E-state index is 0.371. The molecule has 0 aliphatic carbocycles. The summed E-state index contributed by atoms with van der Waals surface area (Å²) in [4.78, 5) is 0. The smallest absolute Gasteiger partial charge is 0.132 e. The third kappa shape index (κ3) is 2.80. The van der Waals surface area contributed by atoms with Gasteiger partial charge in [0.2, 0.25) is 0 Å². The van der Waals surface area contributed by atoms with Gasteiger partial charge in [-0.2, -0.15) is 0 Å². The second-order valence-electron chi connectivity index (χ2n) is 4.56. The summed E-state index contributed by atoms with van der Waals surface area (Å²) in [6.45, 7) is 1.79. The number of hydrogen-bond donors (Lipinski definition) is 1. The van der Waals surface area contributed by atoms with Gasteiger partial charge in [-0.1, -0.05) is 34.1 Å². The lowest BCUT2D eigenvalue weighted by atomic mass is 9.85. The summed E-state index contributed by atoms with van der Waals surface area (Å²) < 4.78 is 20.1. The highest BCUT2D eigenvalue weighted by atomic mass is 79.9. The van der Waals surface area contributed by atoms with Crippen molar-refractivity contribution in [3.05, 3.63) is 63.9 Å². The second kappa shape index (κ2) is 5.31. The molecule has 2 aromatic rings. The number of nitrogens with two attached hydrogens (primary N) is 1. The molecule has 0 saturated heterocycles. The molecule has 2 nitrogen and oxygen atoms in total. The maximum atomic E-state index is 14.1. The Kier molecular flexibility index (Phi) is 3.92. The zero-order chi connectivity index (χ0) is 14.0. The van der Waals surface area contributed by atoms with Crippen molar-refractivity contribution in [1.82, 2.24) is 0 Å². The molecule has 2 aromatic carbocycles.